The number of benzene rings is 2. The number of nitrogens with one attached hydrogen (secondary N) is 2. The number of halogens is 1. The quantitative estimate of drug-likeness (QED) is 0.622. The molecule has 29 heavy (non-hydrogen) atoms. The first-order valence-corrected chi connectivity index (χ1v) is 10.9. The summed E-state index contributed by atoms with van der Waals surface area (Å²) in [6, 6.07) is 12.6. The third-order valence-electron chi connectivity index (χ3n) is 4.96. The van der Waals surface area contributed by atoms with Crippen LogP contribution in [0, 0.1) is 6.92 Å². The molecule has 152 valence electrons. The highest BCUT2D eigenvalue weighted by Gasteiger charge is 2.20. The van der Waals surface area contributed by atoms with E-state index in [2.05, 4.69) is 26.6 Å². The summed E-state index contributed by atoms with van der Waals surface area (Å²) >= 11 is 8.75. The number of nitrogens with zero attached hydrogens (tertiary/aromatic N) is 1. The molecule has 1 aliphatic rings. The summed E-state index contributed by atoms with van der Waals surface area (Å²) in [4.78, 5) is 27.4. The van der Waals surface area contributed by atoms with E-state index in [0.29, 0.717) is 16.8 Å². The van der Waals surface area contributed by atoms with Gasteiger partial charge in [0.2, 0.25) is 0 Å². The second-order valence-electron chi connectivity index (χ2n) is 7.12. The van der Waals surface area contributed by atoms with Gasteiger partial charge in [0.1, 0.15) is 0 Å². The average molecular weight is 474 g/mol. The van der Waals surface area contributed by atoms with Crippen LogP contribution in [0.1, 0.15) is 52.0 Å². The largest absolute Gasteiger partial charge is 0.339 e. The maximum atomic E-state index is 13.0. The monoisotopic (exact) mass is 473 g/mol. The third kappa shape index (κ3) is 5.64. The van der Waals surface area contributed by atoms with Crippen molar-refractivity contribution in [3.63, 3.8) is 0 Å². The first kappa shape index (κ1) is 21.5. The van der Waals surface area contributed by atoms with Crippen LogP contribution < -0.4 is 10.6 Å². The number of aryl methyl sites for hydroxylation is 1. The number of carbonyl (C=O) groups excluding carboxylic acids is 2. The molecule has 5 nitrogen and oxygen atoms in total. The highest BCUT2D eigenvalue weighted by molar-refractivity contribution is 9.10. The van der Waals surface area contributed by atoms with Crippen molar-refractivity contribution in [2.75, 3.05) is 18.4 Å². The van der Waals surface area contributed by atoms with Gasteiger partial charge in [-0.1, -0.05) is 47.0 Å². The molecule has 0 saturated carbocycles. The number of anilines is 1. The minimum atomic E-state index is -0.306. The lowest BCUT2D eigenvalue weighted by molar-refractivity contribution is 0.0762. The van der Waals surface area contributed by atoms with Crippen molar-refractivity contribution < 1.29 is 9.59 Å². The van der Waals surface area contributed by atoms with E-state index in [9.17, 15) is 9.59 Å². The Morgan fingerprint density at radius 2 is 1.72 bits per heavy atom. The Morgan fingerprint density at radius 3 is 2.41 bits per heavy atom. The van der Waals surface area contributed by atoms with Crippen LogP contribution in [0.3, 0.4) is 0 Å². The van der Waals surface area contributed by atoms with Gasteiger partial charge in [-0.3, -0.25) is 14.9 Å². The van der Waals surface area contributed by atoms with Crippen molar-refractivity contribution in [1.29, 1.82) is 0 Å². The SMILES string of the molecule is Cc1ccc(C(=O)NC(=S)Nc2ccccc2C(=O)N2CCCCCC2)cc1Br. The first-order valence-electron chi connectivity index (χ1n) is 9.72. The van der Waals surface area contributed by atoms with Gasteiger partial charge in [0.05, 0.1) is 11.3 Å². The lowest BCUT2D eigenvalue weighted by atomic mass is 10.1. The van der Waals surface area contributed by atoms with E-state index >= 15 is 0 Å². The lowest BCUT2D eigenvalue weighted by Gasteiger charge is -2.22. The topological polar surface area (TPSA) is 61.4 Å². The second-order valence-corrected chi connectivity index (χ2v) is 8.39. The lowest BCUT2D eigenvalue weighted by Crippen LogP contribution is -2.36. The molecule has 2 amide bonds. The first-order chi connectivity index (χ1) is 14.0. The van der Waals surface area contributed by atoms with Crippen LogP contribution in [-0.2, 0) is 0 Å². The second kappa shape index (κ2) is 9.98. The smallest absolute Gasteiger partial charge is 0.257 e. The van der Waals surface area contributed by atoms with Crippen LogP contribution in [-0.4, -0.2) is 34.9 Å². The Labute approximate surface area is 185 Å². The van der Waals surface area contributed by atoms with Gasteiger partial charge in [-0.05, 0) is 61.8 Å². The van der Waals surface area contributed by atoms with Gasteiger partial charge in [-0.25, -0.2) is 0 Å². The van der Waals surface area contributed by atoms with Crippen molar-refractivity contribution in [2.24, 2.45) is 0 Å². The summed E-state index contributed by atoms with van der Waals surface area (Å²) in [6.07, 6.45) is 4.38. The zero-order valence-electron chi connectivity index (χ0n) is 16.3. The van der Waals surface area contributed by atoms with E-state index in [4.69, 9.17) is 12.2 Å². The van der Waals surface area contributed by atoms with Crippen LogP contribution in [0.5, 0.6) is 0 Å². The molecule has 7 heteroatoms. The summed E-state index contributed by atoms with van der Waals surface area (Å²) in [6.45, 7) is 3.50. The van der Waals surface area contributed by atoms with E-state index in [-0.39, 0.29) is 16.9 Å². The Hall–Kier alpha value is -2.25. The van der Waals surface area contributed by atoms with E-state index < -0.39 is 0 Å². The molecule has 0 atom stereocenters. The summed E-state index contributed by atoms with van der Waals surface area (Å²) in [7, 11) is 0. The minimum Gasteiger partial charge on any atom is -0.339 e. The molecule has 1 saturated heterocycles. The van der Waals surface area contributed by atoms with E-state index in [1.165, 1.54) is 0 Å². The minimum absolute atomic E-state index is 0.00779. The molecule has 0 aliphatic carbocycles. The molecule has 0 bridgehead atoms. The Kier molecular flexibility index (Phi) is 7.39. The Bertz CT molecular complexity index is 924. The van der Waals surface area contributed by atoms with E-state index in [0.717, 1.165) is 48.8 Å². The molecule has 0 spiro atoms. The Morgan fingerprint density at radius 1 is 1.03 bits per heavy atom. The summed E-state index contributed by atoms with van der Waals surface area (Å²) in [5.74, 6) is -0.314. The molecule has 2 aromatic carbocycles. The fourth-order valence-electron chi connectivity index (χ4n) is 3.29. The molecular weight excluding hydrogens is 450 g/mol. The molecule has 0 radical (unpaired) electrons. The van der Waals surface area contributed by atoms with Crippen molar-refractivity contribution in [1.82, 2.24) is 10.2 Å². The van der Waals surface area contributed by atoms with Gasteiger partial charge < -0.3 is 10.2 Å². The number of thiocarbonyl (C=S) groups is 1. The van der Waals surface area contributed by atoms with Gasteiger partial charge in [0, 0.05) is 23.1 Å². The molecule has 0 aromatic heterocycles. The van der Waals surface area contributed by atoms with Gasteiger partial charge in [-0.2, -0.15) is 0 Å². The predicted molar refractivity (Wildman–Crippen MR) is 123 cm³/mol. The third-order valence-corrected chi connectivity index (χ3v) is 6.02. The molecule has 0 unspecified atom stereocenters. The Balaban J connectivity index is 1.69. The molecule has 2 aromatic rings. The molecule has 3 rings (SSSR count). The fourth-order valence-corrected chi connectivity index (χ4v) is 3.87. The van der Waals surface area contributed by atoms with E-state index in [1.807, 2.05) is 30.0 Å². The van der Waals surface area contributed by atoms with Gasteiger partial charge in [0.25, 0.3) is 11.8 Å². The van der Waals surface area contributed by atoms with Crippen LogP contribution in [0.25, 0.3) is 0 Å². The van der Waals surface area contributed by atoms with Gasteiger partial charge >= 0.3 is 0 Å². The zero-order valence-corrected chi connectivity index (χ0v) is 18.7. The number of hydrogen-bond donors (Lipinski definition) is 2. The summed E-state index contributed by atoms with van der Waals surface area (Å²) in [5, 5.41) is 5.85. The maximum absolute atomic E-state index is 13.0. The number of amides is 2. The number of likely N-dealkylation sites (tertiary alicyclic amines) is 1. The predicted octanol–water partition coefficient (Wildman–Crippen LogP) is 4.90. The highest BCUT2D eigenvalue weighted by Crippen LogP contribution is 2.20. The highest BCUT2D eigenvalue weighted by atomic mass is 79.9. The van der Waals surface area contributed by atoms with Crippen LogP contribution in [0.15, 0.2) is 46.9 Å². The molecular formula is C22H24BrN3O2S. The molecule has 1 aliphatic heterocycles. The summed E-state index contributed by atoms with van der Waals surface area (Å²) < 4.78 is 0.859. The average Bonchev–Trinajstić information content (AvgIpc) is 2.99. The zero-order chi connectivity index (χ0) is 20.8. The summed E-state index contributed by atoms with van der Waals surface area (Å²) in [5.41, 5.74) is 2.70. The number of para-hydroxylation sites is 1. The molecule has 1 fully saturated rings. The van der Waals surface area contributed by atoms with Gasteiger partial charge in [-0.15, -0.1) is 0 Å². The van der Waals surface area contributed by atoms with Crippen LogP contribution >= 0.6 is 28.1 Å². The maximum Gasteiger partial charge on any atom is 0.257 e. The standard InChI is InChI=1S/C22H24BrN3O2S/c1-15-10-11-16(14-18(15)23)20(27)25-22(29)24-19-9-5-4-8-17(19)21(28)26-12-6-2-3-7-13-26/h4-5,8-11,14H,2-3,6-7,12-13H2,1H3,(H2,24,25,27,29). The fraction of sp³-hybridized carbons (Fsp3) is 0.318. The van der Waals surface area contributed by atoms with Crippen molar-refractivity contribution in [3.05, 3.63) is 63.6 Å². The normalized spacial score (nSPS) is 14.1. The van der Waals surface area contributed by atoms with Crippen molar-refractivity contribution >= 4 is 50.8 Å². The van der Waals surface area contributed by atoms with E-state index in [1.54, 1.807) is 24.3 Å². The van der Waals surface area contributed by atoms with Crippen LogP contribution in [0.2, 0.25) is 0 Å². The number of hydrogen-bond acceptors (Lipinski definition) is 3. The van der Waals surface area contributed by atoms with Crippen LogP contribution in [0.4, 0.5) is 5.69 Å². The van der Waals surface area contributed by atoms with Gasteiger partial charge in [0.15, 0.2) is 5.11 Å². The molecule has 2 N–H and O–H groups in total. The van der Waals surface area contributed by atoms with Crippen molar-refractivity contribution in [2.45, 2.75) is 32.6 Å². The molecule has 1 heterocycles. The number of rotatable bonds is 3. The van der Waals surface area contributed by atoms with Crippen molar-refractivity contribution in [3.8, 4) is 0 Å². The number of carbonyl (C=O) groups is 2.